The van der Waals surface area contributed by atoms with Crippen molar-refractivity contribution in [1.29, 1.82) is 0 Å². The van der Waals surface area contributed by atoms with E-state index in [0.29, 0.717) is 28.3 Å². The van der Waals surface area contributed by atoms with Gasteiger partial charge < -0.3 is 5.73 Å². The number of anilines is 3. The minimum atomic E-state index is -4.39. The van der Waals surface area contributed by atoms with E-state index >= 15 is 0 Å². The van der Waals surface area contributed by atoms with Gasteiger partial charge in [-0.25, -0.2) is 0 Å². The van der Waals surface area contributed by atoms with Gasteiger partial charge in [0.1, 0.15) is 0 Å². The molecule has 0 amide bonds. The van der Waals surface area contributed by atoms with Crippen molar-refractivity contribution in [2.24, 2.45) is 0 Å². The summed E-state index contributed by atoms with van der Waals surface area (Å²) >= 11 is 0. The molecule has 146 valence electrons. The van der Waals surface area contributed by atoms with Gasteiger partial charge in [0.2, 0.25) is 0 Å². The smallest absolute Gasteiger partial charge is 0.396 e. The molecule has 0 radical (unpaired) electrons. The number of nitrogens with zero attached hydrogens (tertiary/aromatic N) is 1. The van der Waals surface area contributed by atoms with E-state index in [1.807, 2.05) is 36.4 Å². The fourth-order valence-electron chi connectivity index (χ4n) is 3.04. The maximum Gasteiger partial charge on any atom is 0.416 e. The molecule has 4 nitrogen and oxygen atoms in total. The third-order valence-corrected chi connectivity index (χ3v) is 4.56. The highest BCUT2D eigenvalue weighted by molar-refractivity contribution is 5.99. The second-order valence-corrected chi connectivity index (χ2v) is 6.51. The second-order valence-electron chi connectivity index (χ2n) is 6.51. The number of alkyl halides is 3. The third kappa shape index (κ3) is 3.94. The second kappa shape index (κ2) is 7.35. The van der Waals surface area contributed by atoms with Gasteiger partial charge in [0.25, 0.3) is 0 Å². The normalized spacial score (nSPS) is 11.4. The number of halogens is 3. The summed E-state index contributed by atoms with van der Waals surface area (Å²) in [4.78, 5) is 4.26. The molecule has 1 heterocycles. The van der Waals surface area contributed by atoms with Crippen molar-refractivity contribution in [3.8, 4) is 11.3 Å². The van der Waals surface area contributed by atoms with Crippen molar-refractivity contribution in [3.05, 3.63) is 84.6 Å². The lowest BCUT2D eigenvalue weighted by Crippen LogP contribution is -2.10. The van der Waals surface area contributed by atoms with E-state index in [1.54, 1.807) is 24.4 Å². The summed E-state index contributed by atoms with van der Waals surface area (Å²) in [6, 6.07) is 20.1. The van der Waals surface area contributed by atoms with Crippen LogP contribution in [-0.4, -0.2) is 4.98 Å². The molecule has 0 unspecified atom stereocenters. The lowest BCUT2D eigenvalue weighted by Gasteiger charge is -2.14. The molecule has 0 saturated heterocycles. The molecular weight excluding hydrogens is 377 g/mol. The summed E-state index contributed by atoms with van der Waals surface area (Å²) in [6.07, 6.45) is -2.85. The highest BCUT2D eigenvalue weighted by Gasteiger charge is 2.30. The summed E-state index contributed by atoms with van der Waals surface area (Å²) in [7, 11) is 0. The number of nitrogens with one attached hydrogen (secondary N) is 2. The number of aromatic nitrogens is 1. The lowest BCUT2D eigenvalue weighted by atomic mass is 10.1. The Kier molecular flexibility index (Phi) is 4.72. The summed E-state index contributed by atoms with van der Waals surface area (Å²) in [5.74, 6) is 0. The Balaban J connectivity index is 1.50. The highest BCUT2D eigenvalue weighted by Crippen LogP contribution is 2.32. The number of hydrazine groups is 1. The zero-order valence-corrected chi connectivity index (χ0v) is 15.2. The van der Waals surface area contributed by atoms with Gasteiger partial charge in [-0.2, -0.15) is 13.2 Å². The monoisotopic (exact) mass is 394 g/mol. The van der Waals surface area contributed by atoms with Gasteiger partial charge >= 0.3 is 6.18 Å². The molecule has 0 aliphatic heterocycles. The van der Waals surface area contributed by atoms with Crippen LogP contribution in [0.15, 0.2) is 79.0 Å². The lowest BCUT2D eigenvalue weighted by molar-refractivity contribution is -0.137. The Morgan fingerprint density at radius 3 is 2.41 bits per heavy atom. The maximum atomic E-state index is 12.9. The third-order valence-electron chi connectivity index (χ3n) is 4.56. The Hall–Kier alpha value is -3.74. The minimum absolute atomic E-state index is 0.401. The first kappa shape index (κ1) is 18.6. The van der Waals surface area contributed by atoms with Crippen LogP contribution in [0.3, 0.4) is 0 Å². The molecule has 0 fully saturated rings. The molecule has 0 atom stereocenters. The number of rotatable bonds is 4. The number of fused-ring (bicyclic) bond motifs is 1. The summed E-state index contributed by atoms with van der Waals surface area (Å²) in [6.45, 7) is 0. The number of nitrogens with two attached hydrogens (primary N) is 1. The van der Waals surface area contributed by atoms with Gasteiger partial charge in [0.05, 0.1) is 34.5 Å². The molecular formula is C22H17F3N4. The summed E-state index contributed by atoms with van der Waals surface area (Å²) < 4.78 is 38.7. The van der Waals surface area contributed by atoms with Crippen LogP contribution in [0.4, 0.5) is 30.2 Å². The molecule has 0 spiro atoms. The molecule has 0 aliphatic rings. The van der Waals surface area contributed by atoms with Crippen LogP contribution in [0.2, 0.25) is 0 Å². The van der Waals surface area contributed by atoms with E-state index < -0.39 is 11.7 Å². The fraction of sp³-hybridized carbons (Fsp3) is 0.0455. The molecule has 0 saturated carbocycles. The minimum Gasteiger partial charge on any atom is -0.396 e. The van der Waals surface area contributed by atoms with Gasteiger partial charge in [0, 0.05) is 10.9 Å². The predicted molar refractivity (Wildman–Crippen MR) is 110 cm³/mol. The van der Waals surface area contributed by atoms with Gasteiger partial charge in [-0.1, -0.05) is 42.5 Å². The van der Waals surface area contributed by atoms with Crippen molar-refractivity contribution in [1.82, 2.24) is 4.98 Å². The number of benzene rings is 3. The SMILES string of the molecule is Nc1c(NNc2ccc(-c3cccc(C(F)(F)F)c3)nc2)ccc2ccccc12. The predicted octanol–water partition coefficient (Wildman–Crippen LogP) is 5.94. The number of nitrogen functional groups attached to an aromatic ring is 1. The first-order valence-corrected chi connectivity index (χ1v) is 8.85. The van der Waals surface area contributed by atoms with Crippen molar-refractivity contribution < 1.29 is 13.2 Å². The average Bonchev–Trinajstić information content (AvgIpc) is 2.73. The van der Waals surface area contributed by atoms with E-state index in [-0.39, 0.29) is 0 Å². The van der Waals surface area contributed by atoms with E-state index in [9.17, 15) is 13.2 Å². The van der Waals surface area contributed by atoms with Gasteiger partial charge in [-0.15, -0.1) is 0 Å². The molecule has 4 aromatic rings. The van der Waals surface area contributed by atoms with Gasteiger partial charge in [-0.3, -0.25) is 15.8 Å². The molecule has 29 heavy (non-hydrogen) atoms. The van der Waals surface area contributed by atoms with Crippen molar-refractivity contribution >= 4 is 27.8 Å². The van der Waals surface area contributed by atoms with Crippen molar-refractivity contribution in [3.63, 3.8) is 0 Å². The van der Waals surface area contributed by atoms with Crippen LogP contribution < -0.4 is 16.6 Å². The fourth-order valence-corrected chi connectivity index (χ4v) is 3.04. The quantitative estimate of drug-likeness (QED) is 0.296. The zero-order chi connectivity index (χ0) is 20.4. The number of hydrogen-bond donors (Lipinski definition) is 3. The molecule has 0 bridgehead atoms. The molecule has 3 aromatic carbocycles. The van der Waals surface area contributed by atoms with Crippen LogP contribution >= 0.6 is 0 Å². The topological polar surface area (TPSA) is 63.0 Å². The zero-order valence-electron chi connectivity index (χ0n) is 15.2. The van der Waals surface area contributed by atoms with Crippen LogP contribution in [-0.2, 0) is 6.18 Å². The number of hydrogen-bond acceptors (Lipinski definition) is 4. The highest BCUT2D eigenvalue weighted by atomic mass is 19.4. The molecule has 1 aromatic heterocycles. The van der Waals surface area contributed by atoms with E-state index in [0.717, 1.165) is 22.9 Å². The van der Waals surface area contributed by atoms with Crippen LogP contribution in [0.1, 0.15) is 5.56 Å². The average molecular weight is 394 g/mol. The Morgan fingerprint density at radius 1 is 0.828 bits per heavy atom. The summed E-state index contributed by atoms with van der Waals surface area (Å²) in [5, 5.41) is 1.99. The Morgan fingerprint density at radius 2 is 1.66 bits per heavy atom. The largest absolute Gasteiger partial charge is 0.416 e. The maximum absolute atomic E-state index is 12.9. The van der Waals surface area contributed by atoms with Crippen LogP contribution in [0, 0.1) is 0 Å². The standard InChI is InChI=1S/C22H17F3N4/c23-22(24,25)16-6-3-5-15(12-16)19-11-9-17(13-27-19)28-29-20-10-8-14-4-1-2-7-18(14)21(20)26/h1-13,28-29H,26H2. The molecule has 7 heteroatoms. The van der Waals surface area contributed by atoms with E-state index in [1.165, 1.54) is 6.07 Å². The van der Waals surface area contributed by atoms with E-state index in [2.05, 4.69) is 15.8 Å². The van der Waals surface area contributed by atoms with Gasteiger partial charge in [-0.05, 0) is 35.7 Å². The first-order chi connectivity index (χ1) is 13.9. The Bertz CT molecular complexity index is 1150. The first-order valence-electron chi connectivity index (χ1n) is 8.85. The van der Waals surface area contributed by atoms with Gasteiger partial charge in [0.15, 0.2) is 0 Å². The van der Waals surface area contributed by atoms with Crippen molar-refractivity contribution in [2.75, 3.05) is 16.6 Å². The van der Waals surface area contributed by atoms with Crippen LogP contribution in [0.5, 0.6) is 0 Å². The molecule has 4 N–H and O–H groups in total. The molecule has 0 aliphatic carbocycles. The molecule has 4 rings (SSSR count). The van der Waals surface area contributed by atoms with E-state index in [4.69, 9.17) is 5.73 Å². The van der Waals surface area contributed by atoms with Crippen LogP contribution in [0.25, 0.3) is 22.0 Å². The number of pyridine rings is 1. The summed E-state index contributed by atoms with van der Waals surface area (Å²) in [5.41, 5.74) is 14.4. The Labute approximate surface area is 165 Å². The van der Waals surface area contributed by atoms with Crippen molar-refractivity contribution in [2.45, 2.75) is 6.18 Å².